The molecule has 5 nitrogen and oxygen atoms in total. The molecule has 3 N–H and O–H groups in total. The molecule has 0 saturated heterocycles. The maximum atomic E-state index is 5.74. The minimum absolute atomic E-state index is 0.0666. The van der Waals surface area contributed by atoms with Gasteiger partial charge in [-0.1, -0.05) is 11.6 Å². The van der Waals surface area contributed by atoms with Crippen molar-refractivity contribution >= 4 is 23.3 Å². The molecule has 2 heterocycles. The third-order valence-corrected chi connectivity index (χ3v) is 2.21. The smallest absolute Gasteiger partial charge is 0.282 e. The number of ether oxygens (including phenoxy) is 1. The lowest BCUT2D eigenvalue weighted by atomic mass is 10.3. The van der Waals surface area contributed by atoms with E-state index in [1.165, 1.54) is 0 Å². The molecule has 0 saturated carbocycles. The van der Waals surface area contributed by atoms with Gasteiger partial charge in [-0.05, 0) is 12.1 Å². The second-order valence-electron chi connectivity index (χ2n) is 3.18. The Hall–Kier alpha value is -1.49. The fraction of sp³-hybridized carbons (Fsp3) is 0.333. The Labute approximate surface area is 92.3 Å². The van der Waals surface area contributed by atoms with E-state index in [0.717, 1.165) is 5.69 Å². The predicted octanol–water partition coefficient (Wildman–Crippen LogP) is 0.860. The molecule has 1 atom stereocenters. The Kier molecular flexibility index (Phi) is 2.91. The van der Waals surface area contributed by atoms with Gasteiger partial charge >= 0.3 is 0 Å². The SMILES string of the molecule is NC1=NC(CNc2ccnc(Cl)c2)CO1. The van der Waals surface area contributed by atoms with E-state index in [4.69, 9.17) is 22.1 Å². The van der Waals surface area contributed by atoms with Crippen molar-refractivity contribution in [3.63, 3.8) is 0 Å². The molecular weight excluding hydrogens is 216 g/mol. The van der Waals surface area contributed by atoms with Gasteiger partial charge in [0, 0.05) is 18.4 Å². The van der Waals surface area contributed by atoms with E-state index in [1.807, 2.05) is 6.07 Å². The third kappa shape index (κ3) is 2.73. The molecule has 1 aromatic heterocycles. The number of nitrogens with two attached hydrogens (primary N) is 1. The number of hydrogen-bond donors (Lipinski definition) is 2. The van der Waals surface area contributed by atoms with Crippen molar-refractivity contribution in [3.05, 3.63) is 23.5 Å². The number of nitrogens with zero attached hydrogens (tertiary/aromatic N) is 2. The van der Waals surface area contributed by atoms with Gasteiger partial charge in [-0.3, -0.25) is 0 Å². The lowest BCUT2D eigenvalue weighted by Crippen LogP contribution is -2.19. The maximum absolute atomic E-state index is 5.74. The van der Waals surface area contributed by atoms with Gasteiger partial charge in [-0.2, -0.15) is 0 Å². The number of halogens is 1. The molecule has 80 valence electrons. The summed E-state index contributed by atoms with van der Waals surface area (Å²) in [5, 5.41) is 3.64. The van der Waals surface area contributed by atoms with Crippen LogP contribution in [0.25, 0.3) is 0 Å². The van der Waals surface area contributed by atoms with Gasteiger partial charge in [-0.25, -0.2) is 9.98 Å². The Bertz CT molecular complexity index is 382. The van der Waals surface area contributed by atoms with Crippen LogP contribution in [0.3, 0.4) is 0 Å². The number of nitrogens with one attached hydrogen (secondary N) is 1. The summed E-state index contributed by atoms with van der Waals surface area (Å²) in [4.78, 5) is 7.97. The maximum Gasteiger partial charge on any atom is 0.282 e. The Morgan fingerprint density at radius 2 is 2.53 bits per heavy atom. The van der Waals surface area contributed by atoms with Crippen LogP contribution in [-0.2, 0) is 4.74 Å². The fourth-order valence-corrected chi connectivity index (χ4v) is 1.46. The fourth-order valence-electron chi connectivity index (χ4n) is 1.29. The van der Waals surface area contributed by atoms with Gasteiger partial charge in [0.1, 0.15) is 17.8 Å². The molecule has 0 bridgehead atoms. The molecule has 0 radical (unpaired) electrons. The second-order valence-corrected chi connectivity index (χ2v) is 3.57. The number of amidine groups is 1. The molecule has 0 amide bonds. The summed E-state index contributed by atoms with van der Waals surface area (Å²) in [5.41, 5.74) is 6.30. The zero-order valence-corrected chi connectivity index (χ0v) is 8.74. The third-order valence-electron chi connectivity index (χ3n) is 2.00. The van der Waals surface area contributed by atoms with Crippen LogP contribution in [0, 0.1) is 0 Å². The lowest BCUT2D eigenvalue weighted by molar-refractivity contribution is 0.316. The number of rotatable bonds is 3. The van der Waals surface area contributed by atoms with E-state index in [2.05, 4.69) is 15.3 Å². The van der Waals surface area contributed by atoms with Gasteiger partial charge in [0.15, 0.2) is 0 Å². The first-order valence-corrected chi connectivity index (χ1v) is 4.93. The minimum Gasteiger partial charge on any atom is -0.463 e. The van der Waals surface area contributed by atoms with Crippen molar-refractivity contribution in [2.45, 2.75) is 6.04 Å². The molecule has 1 aliphatic rings. The molecule has 2 rings (SSSR count). The van der Waals surface area contributed by atoms with Crippen molar-refractivity contribution in [3.8, 4) is 0 Å². The van der Waals surface area contributed by atoms with E-state index in [1.54, 1.807) is 12.3 Å². The Balaban J connectivity index is 1.88. The van der Waals surface area contributed by atoms with Crippen molar-refractivity contribution in [1.29, 1.82) is 0 Å². The van der Waals surface area contributed by atoms with Crippen LogP contribution in [-0.4, -0.2) is 30.2 Å². The topological polar surface area (TPSA) is 72.5 Å². The highest BCUT2D eigenvalue weighted by Crippen LogP contribution is 2.12. The largest absolute Gasteiger partial charge is 0.463 e. The van der Waals surface area contributed by atoms with E-state index in [9.17, 15) is 0 Å². The monoisotopic (exact) mass is 226 g/mol. The Morgan fingerprint density at radius 3 is 3.20 bits per heavy atom. The molecular formula is C9H11ClN4O. The summed E-state index contributed by atoms with van der Waals surface area (Å²) < 4.78 is 5.03. The standard InChI is InChI=1S/C9H11ClN4O/c10-8-3-6(1-2-12-8)13-4-7-5-15-9(11)14-7/h1-3,7H,4-5H2,(H2,11,14)(H,12,13). The van der Waals surface area contributed by atoms with Crippen LogP contribution < -0.4 is 11.1 Å². The molecule has 15 heavy (non-hydrogen) atoms. The minimum atomic E-state index is 0.0666. The van der Waals surface area contributed by atoms with Crippen LogP contribution in [0.15, 0.2) is 23.3 Å². The average Bonchev–Trinajstić information content (AvgIpc) is 2.62. The van der Waals surface area contributed by atoms with E-state index < -0.39 is 0 Å². The first-order chi connectivity index (χ1) is 7.24. The first-order valence-electron chi connectivity index (χ1n) is 4.55. The number of anilines is 1. The highest BCUT2D eigenvalue weighted by molar-refractivity contribution is 6.29. The zero-order valence-electron chi connectivity index (χ0n) is 7.98. The van der Waals surface area contributed by atoms with Crippen molar-refractivity contribution < 1.29 is 4.74 Å². The Morgan fingerprint density at radius 1 is 1.67 bits per heavy atom. The first kappa shape index (κ1) is 10.0. The van der Waals surface area contributed by atoms with Crippen LogP contribution in [0.2, 0.25) is 5.15 Å². The summed E-state index contributed by atoms with van der Waals surface area (Å²) in [5.74, 6) is 0. The van der Waals surface area contributed by atoms with Gasteiger partial charge < -0.3 is 15.8 Å². The number of hydrogen-bond acceptors (Lipinski definition) is 5. The number of aliphatic imine (C=N–C) groups is 1. The van der Waals surface area contributed by atoms with Gasteiger partial charge in [0.2, 0.25) is 0 Å². The van der Waals surface area contributed by atoms with Crippen molar-refractivity contribution in [2.75, 3.05) is 18.5 Å². The van der Waals surface area contributed by atoms with E-state index >= 15 is 0 Å². The number of pyridine rings is 1. The van der Waals surface area contributed by atoms with Crippen molar-refractivity contribution in [1.82, 2.24) is 4.98 Å². The van der Waals surface area contributed by atoms with Crippen LogP contribution in [0.1, 0.15) is 0 Å². The molecule has 0 fully saturated rings. The number of aromatic nitrogens is 1. The molecule has 1 aliphatic heterocycles. The highest BCUT2D eigenvalue weighted by atomic mass is 35.5. The zero-order chi connectivity index (χ0) is 10.7. The average molecular weight is 227 g/mol. The van der Waals surface area contributed by atoms with Gasteiger partial charge in [-0.15, -0.1) is 0 Å². The molecule has 6 heteroatoms. The lowest BCUT2D eigenvalue weighted by Gasteiger charge is -2.08. The highest BCUT2D eigenvalue weighted by Gasteiger charge is 2.15. The summed E-state index contributed by atoms with van der Waals surface area (Å²) in [7, 11) is 0. The van der Waals surface area contributed by atoms with Crippen LogP contribution in [0.4, 0.5) is 5.69 Å². The molecule has 0 aromatic carbocycles. The molecule has 1 unspecified atom stereocenters. The summed E-state index contributed by atoms with van der Waals surface area (Å²) in [6.07, 6.45) is 1.65. The normalized spacial score (nSPS) is 19.5. The van der Waals surface area contributed by atoms with Gasteiger partial charge in [0.25, 0.3) is 6.02 Å². The van der Waals surface area contributed by atoms with E-state index in [-0.39, 0.29) is 12.1 Å². The van der Waals surface area contributed by atoms with E-state index in [0.29, 0.717) is 18.3 Å². The molecule has 0 aliphatic carbocycles. The second kappa shape index (κ2) is 4.35. The quantitative estimate of drug-likeness (QED) is 0.750. The summed E-state index contributed by atoms with van der Waals surface area (Å²) >= 11 is 5.74. The van der Waals surface area contributed by atoms with Crippen LogP contribution >= 0.6 is 11.6 Å². The predicted molar refractivity (Wildman–Crippen MR) is 59.1 cm³/mol. The molecule has 1 aromatic rings. The molecule has 0 spiro atoms. The van der Waals surface area contributed by atoms with Gasteiger partial charge in [0.05, 0.1) is 0 Å². The van der Waals surface area contributed by atoms with Crippen molar-refractivity contribution in [2.24, 2.45) is 10.7 Å². The summed E-state index contributed by atoms with van der Waals surface area (Å²) in [6.45, 7) is 1.19. The summed E-state index contributed by atoms with van der Waals surface area (Å²) in [6, 6.07) is 3.92. The van der Waals surface area contributed by atoms with Crippen LogP contribution in [0.5, 0.6) is 0 Å².